The van der Waals surface area contributed by atoms with Crippen LogP contribution in [0.5, 0.6) is 5.75 Å². The van der Waals surface area contributed by atoms with Crippen molar-refractivity contribution >= 4 is 17.6 Å². The molecule has 0 aliphatic heterocycles. The lowest BCUT2D eigenvalue weighted by Gasteiger charge is -2.05. The zero-order valence-electron chi connectivity index (χ0n) is 8.76. The molecule has 0 aliphatic carbocycles. The summed E-state index contributed by atoms with van der Waals surface area (Å²) >= 11 is 1.66. The van der Waals surface area contributed by atoms with E-state index in [2.05, 4.69) is 5.38 Å². The van der Waals surface area contributed by atoms with Crippen molar-refractivity contribution in [3.05, 3.63) is 52.2 Å². The minimum atomic E-state index is 0.463. The number of thiophene rings is 1. The lowest BCUT2D eigenvalue weighted by molar-refractivity contribution is -0.107. The van der Waals surface area contributed by atoms with Crippen LogP contribution in [-0.4, -0.2) is 6.29 Å². The summed E-state index contributed by atoms with van der Waals surface area (Å²) in [7, 11) is 0. The second-order valence-corrected chi connectivity index (χ2v) is 4.22. The highest BCUT2D eigenvalue weighted by Gasteiger charge is 1.97. The van der Waals surface area contributed by atoms with E-state index in [-0.39, 0.29) is 0 Å². The summed E-state index contributed by atoms with van der Waals surface area (Å²) in [6.45, 7) is 0.594. The Morgan fingerprint density at radius 3 is 2.56 bits per heavy atom. The number of ether oxygens (including phenoxy) is 1. The molecule has 0 fully saturated rings. The molecule has 1 aromatic heterocycles. The fourth-order valence-corrected chi connectivity index (χ4v) is 2.01. The van der Waals surface area contributed by atoms with Crippen molar-refractivity contribution in [2.24, 2.45) is 0 Å². The molecule has 0 amide bonds. The van der Waals surface area contributed by atoms with Crippen LogP contribution in [-0.2, 0) is 17.8 Å². The Balaban J connectivity index is 1.92. The fraction of sp³-hybridized carbons (Fsp3) is 0.154. The zero-order valence-corrected chi connectivity index (χ0v) is 9.57. The number of hydrogen-bond donors (Lipinski definition) is 0. The number of rotatable bonds is 5. The van der Waals surface area contributed by atoms with E-state index in [0.717, 1.165) is 17.6 Å². The van der Waals surface area contributed by atoms with E-state index >= 15 is 0 Å². The molecule has 0 saturated heterocycles. The van der Waals surface area contributed by atoms with Crippen LogP contribution < -0.4 is 4.74 Å². The fourth-order valence-electron chi connectivity index (χ4n) is 1.36. The Morgan fingerprint density at radius 2 is 1.94 bits per heavy atom. The minimum absolute atomic E-state index is 0.463. The molecule has 1 aromatic carbocycles. The lowest BCUT2D eigenvalue weighted by Crippen LogP contribution is -1.94. The second kappa shape index (κ2) is 5.47. The van der Waals surface area contributed by atoms with Crippen molar-refractivity contribution in [3.8, 4) is 5.75 Å². The monoisotopic (exact) mass is 232 g/mol. The van der Waals surface area contributed by atoms with Crippen molar-refractivity contribution in [2.75, 3.05) is 0 Å². The van der Waals surface area contributed by atoms with Gasteiger partial charge in [0.05, 0.1) is 0 Å². The standard InChI is InChI=1S/C13H12O2S/c14-7-5-11-1-3-13(4-2-11)15-9-12-6-8-16-10-12/h1-4,6-8,10H,5,9H2. The van der Waals surface area contributed by atoms with E-state index in [1.165, 1.54) is 5.56 Å². The molecule has 0 saturated carbocycles. The van der Waals surface area contributed by atoms with Crippen molar-refractivity contribution in [3.63, 3.8) is 0 Å². The van der Waals surface area contributed by atoms with Crippen LogP contribution in [0.3, 0.4) is 0 Å². The van der Waals surface area contributed by atoms with Gasteiger partial charge in [0.25, 0.3) is 0 Å². The van der Waals surface area contributed by atoms with E-state index in [9.17, 15) is 4.79 Å². The molecule has 0 atom stereocenters. The molecule has 0 radical (unpaired) electrons. The molecule has 0 bridgehead atoms. The van der Waals surface area contributed by atoms with Crippen LogP contribution in [0.1, 0.15) is 11.1 Å². The van der Waals surface area contributed by atoms with Crippen molar-refractivity contribution in [1.82, 2.24) is 0 Å². The highest BCUT2D eigenvalue weighted by atomic mass is 32.1. The first kappa shape index (κ1) is 10.9. The SMILES string of the molecule is O=CCc1ccc(OCc2ccsc2)cc1. The number of hydrogen-bond acceptors (Lipinski definition) is 3. The third-order valence-electron chi connectivity index (χ3n) is 2.23. The Hall–Kier alpha value is -1.61. The molecule has 0 unspecified atom stereocenters. The molecule has 1 heterocycles. The zero-order chi connectivity index (χ0) is 11.2. The highest BCUT2D eigenvalue weighted by Crippen LogP contribution is 2.15. The Kier molecular flexibility index (Phi) is 3.72. The number of carbonyl (C=O) groups excluding carboxylic acids is 1. The molecule has 2 rings (SSSR count). The third kappa shape index (κ3) is 2.94. The number of aldehydes is 1. The van der Waals surface area contributed by atoms with Crippen molar-refractivity contribution < 1.29 is 9.53 Å². The van der Waals surface area contributed by atoms with E-state index in [0.29, 0.717) is 13.0 Å². The lowest BCUT2D eigenvalue weighted by atomic mass is 10.2. The molecular formula is C13H12O2S. The summed E-state index contributed by atoms with van der Waals surface area (Å²) in [4.78, 5) is 10.3. The van der Waals surface area contributed by atoms with Crippen LogP contribution in [0.25, 0.3) is 0 Å². The number of benzene rings is 1. The number of carbonyl (C=O) groups is 1. The first-order valence-corrected chi connectivity index (χ1v) is 5.99. The molecule has 2 nitrogen and oxygen atoms in total. The van der Waals surface area contributed by atoms with Gasteiger partial charge in [-0.15, -0.1) is 0 Å². The van der Waals surface area contributed by atoms with Gasteiger partial charge in [-0.25, -0.2) is 0 Å². The predicted octanol–water partition coefficient (Wildman–Crippen LogP) is 3.07. The van der Waals surface area contributed by atoms with Gasteiger partial charge in [-0.05, 0) is 40.1 Å². The minimum Gasteiger partial charge on any atom is -0.489 e. The molecule has 16 heavy (non-hydrogen) atoms. The predicted molar refractivity (Wildman–Crippen MR) is 64.9 cm³/mol. The molecule has 82 valence electrons. The van der Waals surface area contributed by atoms with Gasteiger partial charge in [0.15, 0.2) is 0 Å². The average molecular weight is 232 g/mol. The van der Waals surface area contributed by atoms with Gasteiger partial charge < -0.3 is 9.53 Å². The maximum Gasteiger partial charge on any atom is 0.124 e. The van der Waals surface area contributed by atoms with Crippen LogP contribution in [0.4, 0.5) is 0 Å². The largest absolute Gasteiger partial charge is 0.489 e. The summed E-state index contributed by atoms with van der Waals surface area (Å²) in [5.41, 5.74) is 2.19. The van der Waals surface area contributed by atoms with Gasteiger partial charge in [0.1, 0.15) is 18.6 Å². The second-order valence-electron chi connectivity index (χ2n) is 3.44. The Labute approximate surface area is 98.5 Å². The van der Waals surface area contributed by atoms with Crippen molar-refractivity contribution in [1.29, 1.82) is 0 Å². The van der Waals surface area contributed by atoms with Gasteiger partial charge in [-0.1, -0.05) is 12.1 Å². The Morgan fingerprint density at radius 1 is 1.12 bits per heavy atom. The van der Waals surface area contributed by atoms with Crippen LogP contribution in [0, 0.1) is 0 Å². The van der Waals surface area contributed by atoms with Crippen LogP contribution in [0.15, 0.2) is 41.1 Å². The smallest absolute Gasteiger partial charge is 0.124 e. The van der Waals surface area contributed by atoms with Gasteiger partial charge in [-0.2, -0.15) is 11.3 Å². The van der Waals surface area contributed by atoms with Gasteiger partial charge in [-0.3, -0.25) is 0 Å². The molecule has 0 N–H and O–H groups in total. The average Bonchev–Trinajstić information content (AvgIpc) is 2.82. The first-order valence-electron chi connectivity index (χ1n) is 5.05. The summed E-state index contributed by atoms with van der Waals surface area (Å²) in [6.07, 6.45) is 1.37. The summed E-state index contributed by atoms with van der Waals surface area (Å²) in [6, 6.07) is 9.66. The van der Waals surface area contributed by atoms with Gasteiger partial charge in [0.2, 0.25) is 0 Å². The van der Waals surface area contributed by atoms with E-state index < -0.39 is 0 Å². The third-order valence-corrected chi connectivity index (χ3v) is 2.96. The van der Waals surface area contributed by atoms with E-state index in [1.807, 2.05) is 35.7 Å². The van der Waals surface area contributed by atoms with E-state index in [1.54, 1.807) is 11.3 Å². The normalized spacial score (nSPS) is 10.0. The molecule has 0 spiro atoms. The quantitative estimate of drug-likeness (QED) is 0.740. The van der Waals surface area contributed by atoms with Crippen LogP contribution >= 0.6 is 11.3 Å². The Bertz CT molecular complexity index is 431. The summed E-state index contributed by atoms with van der Waals surface area (Å²) in [5, 5.41) is 4.10. The molecular weight excluding hydrogens is 220 g/mol. The summed E-state index contributed by atoms with van der Waals surface area (Å²) in [5.74, 6) is 0.834. The van der Waals surface area contributed by atoms with Crippen molar-refractivity contribution in [2.45, 2.75) is 13.0 Å². The maximum absolute atomic E-state index is 10.3. The van der Waals surface area contributed by atoms with Gasteiger partial charge >= 0.3 is 0 Å². The topological polar surface area (TPSA) is 26.3 Å². The molecule has 0 aliphatic rings. The highest BCUT2D eigenvalue weighted by molar-refractivity contribution is 7.07. The maximum atomic E-state index is 10.3. The van der Waals surface area contributed by atoms with Gasteiger partial charge in [0, 0.05) is 6.42 Å². The molecule has 3 heteroatoms. The summed E-state index contributed by atoms with van der Waals surface area (Å²) < 4.78 is 5.60. The van der Waals surface area contributed by atoms with Crippen LogP contribution in [0.2, 0.25) is 0 Å². The first-order chi connectivity index (χ1) is 7.88. The molecule has 2 aromatic rings. The van der Waals surface area contributed by atoms with E-state index in [4.69, 9.17) is 4.74 Å².